The molecule has 3 rings (SSSR count). The molecule has 1 aromatic carbocycles. The molecule has 6 heteroatoms. The normalized spacial score (nSPS) is 10.3. The average molecular weight is 281 g/mol. The van der Waals surface area contributed by atoms with Crippen molar-refractivity contribution in [3.63, 3.8) is 0 Å². The molecule has 106 valence electrons. The topological polar surface area (TPSA) is 64.9 Å². The van der Waals surface area contributed by atoms with Crippen molar-refractivity contribution >= 4 is 5.95 Å². The first-order valence-corrected chi connectivity index (χ1v) is 6.53. The number of rotatable bonds is 5. The summed E-state index contributed by atoms with van der Waals surface area (Å²) in [5, 5.41) is 3.17. The number of aromatic nitrogens is 4. The predicted octanol–water partition coefficient (Wildman–Crippen LogP) is 2.28. The second-order valence-electron chi connectivity index (χ2n) is 4.41. The fraction of sp³-hybridized carbons (Fsp3) is 0.133. The lowest BCUT2D eigenvalue weighted by atomic mass is 10.2. The molecule has 0 unspecified atom stereocenters. The summed E-state index contributed by atoms with van der Waals surface area (Å²) >= 11 is 0. The van der Waals surface area contributed by atoms with Gasteiger partial charge in [-0.15, -0.1) is 0 Å². The molecule has 0 fully saturated rings. The van der Waals surface area contributed by atoms with Crippen LogP contribution in [0.4, 0.5) is 5.95 Å². The van der Waals surface area contributed by atoms with E-state index < -0.39 is 0 Å². The van der Waals surface area contributed by atoms with E-state index in [-0.39, 0.29) is 0 Å². The number of ether oxygens (including phenoxy) is 1. The van der Waals surface area contributed by atoms with Crippen LogP contribution in [0.25, 0.3) is 5.69 Å². The van der Waals surface area contributed by atoms with Gasteiger partial charge in [-0.3, -0.25) is 0 Å². The SMILES string of the molecule is COc1ccnc(NCc2ccc(-n3ccnc3)cc2)n1. The van der Waals surface area contributed by atoms with E-state index in [0.717, 1.165) is 11.3 Å². The Bertz CT molecular complexity index is 694. The summed E-state index contributed by atoms with van der Waals surface area (Å²) in [5.74, 6) is 1.09. The molecule has 0 aliphatic heterocycles. The van der Waals surface area contributed by atoms with Crippen molar-refractivity contribution in [2.45, 2.75) is 6.54 Å². The average Bonchev–Trinajstić information content (AvgIpc) is 3.08. The summed E-state index contributed by atoms with van der Waals surface area (Å²) in [5.41, 5.74) is 2.22. The van der Waals surface area contributed by atoms with Gasteiger partial charge in [0.25, 0.3) is 0 Å². The van der Waals surface area contributed by atoms with Crippen LogP contribution in [0.5, 0.6) is 5.88 Å². The van der Waals surface area contributed by atoms with Gasteiger partial charge in [0.15, 0.2) is 0 Å². The third-order valence-corrected chi connectivity index (χ3v) is 3.03. The van der Waals surface area contributed by atoms with Crippen LogP contribution >= 0.6 is 0 Å². The van der Waals surface area contributed by atoms with Crippen LogP contribution < -0.4 is 10.1 Å². The van der Waals surface area contributed by atoms with E-state index >= 15 is 0 Å². The van der Waals surface area contributed by atoms with Gasteiger partial charge in [-0.25, -0.2) is 9.97 Å². The van der Waals surface area contributed by atoms with Gasteiger partial charge in [-0.05, 0) is 17.7 Å². The largest absolute Gasteiger partial charge is 0.481 e. The number of nitrogens with one attached hydrogen (secondary N) is 1. The molecular formula is C15H15N5O. The maximum absolute atomic E-state index is 5.06. The minimum atomic E-state index is 0.544. The number of hydrogen-bond donors (Lipinski definition) is 1. The summed E-state index contributed by atoms with van der Waals surface area (Å²) in [6.07, 6.45) is 7.11. The molecule has 2 heterocycles. The van der Waals surface area contributed by atoms with E-state index in [1.165, 1.54) is 0 Å². The molecule has 0 aliphatic carbocycles. The Morgan fingerprint density at radius 3 is 2.71 bits per heavy atom. The fourth-order valence-corrected chi connectivity index (χ4v) is 1.92. The van der Waals surface area contributed by atoms with Crippen LogP contribution in [0.2, 0.25) is 0 Å². The van der Waals surface area contributed by atoms with Gasteiger partial charge in [0.2, 0.25) is 11.8 Å². The Labute approximate surface area is 122 Å². The van der Waals surface area contributed by atoms with Crippen LogP contribution in [0, 0.1) is 0 Å². The maximum Gasteiger partial charge on any atom is 0.226 e. The molecular weight excluding hydrogens is 266 g/mol. The van der Waals surface area contributed by atoms with E-state index in [0.29, 0.717) is 18.4 Å². The highest BCUT2D eigenvalue weighted by atomic mass is 16.5. The minimum absolute atomic E-state index is 0.544. The van der Waals surface area contributed by atoms with Crippen molar-refractivity contribution in [2.75, 3.05) is 12.4 Å². The second kappa shape index (κ2) is 6.04. The minimum Gasteiger partial charge on any atom is -0.481 e. The Morgan fingerprint density at radius 2 is 2.00 bits per heavy atom. The number of imidazole rings is 1. The number of hydrogen-bond acceptors (Lipinski definition) is 5. The zero-order chi connectivity index (χ0) is 14.5. The van der Waals surface area contributed by atoms with Gasteiger partial charge >= 0.3 is 0 Å². The lowest BCUT2D eigenvalue weighted by Crippen LogP contribution is -2.04. The lowest BCUT2D eigenvalue weighted by Gasteiger charge is -2.07. The van der Waals surface area contributed by atoms with Gasteiger partial charge in [0.05, 0.1) is 13.4 Å². The molecule has 0 amide bonds. The van der Waals surface area contributed by atoms with Crippen LogP contribution in [0.3, 0.4) is 0 Å². The van der Waals surface area contributed by atoms with Gasteiger partial charge in [-0.1, -0.05) is 12.1 Å². The highest BCUT2D eigenvalue weighted by Gasteiger charge is 2.00. The standard InChI is InChI=1S/C15H15N5O/c1-21-14-6-7-17-15(19-14)18-10-12-2-4-13(5-3-12)20-9-8-16-11-20/h2-9,11H,10H2,1H3,(H,17,18,19). The van der Waals surface area contributed by atoms with E-state index in [1.807, 2.05) is 22.9 Å². The Kier molecular flexibility index (Phi) is 3.77. The summed E-state index contributed by atoms with van der Waals surface area (Å²) in [6, 6.07) is 9.92. The van der Waals surface area contributed by atoms with Crippen LogP contribution in [-0.2, 0) is 6.54 Å². The second-order valence-corrected chi connectivity index (χ2v) is 4.41. The fourth-order valence-electron chi connectivity index (χ4n) is 1.92. The number of benzene rings is 1. The smallest absolute Gasteiger partial charge is 0.226 e. The van der Waals surface area contributed by atoms with Crippen molar-refractivity contribution in [1.82, 2.24) is 19.5 Å². The van der Waals surface area contributed by atoms with Crippen molar-refractivity contribution in [3.05, 3.63) is 60.8 Å². The number of methoxy groups -OCH3 is 1. The van der Waals surface area contributed by atoms with Crippen molar-refractivity contribution < 1.29 is 4.74 Å². The summed E-state index contributed by atoms with van der Waals surface area (Å²) in [4.78, 5) is 12.4. The molecule has 21 heavy (non-hydrogen) atoms. The number of nitrogens with zero attached hydrogens (tertiary/aromatic N) is 4. The van der Waals surface area contributed by atoms with Crippen LogP contribution in [0.15, 0.2) is 55.2 Å². The first-order chi connectivity index (χ1) is 10.3. The molecule has 0 atom stereocenters. The van der Waals surface area contributed by atoms with Gasteiger partial charge in [-0.2, -0.15) is 4.98 Å². The first-order valence-electron chi connectivity index (χ1n) is 6.53. The molecule has 0 radical (unpaired) electrons. The van der Waals surface area contributed by atoms with Gasteiger partial charge in [0.1, 0.15) is 0 Å². The molecule has 0 bridgehead atoms. The maximum atomic E-state index is 5.06. The molecule has 3 aromatic rings. The van der Waals surface area contributed by atoms with Crippen LogP contribution in [-0.4, -0.2) is 26.6 Å². The summed E-state index contributed by atoms with van der Waals surface area (Å²) in [6.45, 7) is 0.650. The molecule has 6 nitrogen and oxygen atoms in total. The van der Waals surface area contributed by atoms with Gasteiger partial charge < -0.3 is 14.6 Å². The third kappa shape index (κ3) is 3.17. The molecule has 2 aromatic heterocycles. The highest BCUT2D eigenvalue weighted by molar-refractivity contribution is 5.36. The monoisotopic (exact) mass is 281 g/mol. The lowest BCUT2D eigenvalue weighted by molar-refractivity contribution is 0.397. The summed E-state index contributed by atoms with van der Waals surface area (Å²) < 4.78 is 7.02. The first kappa shape index (κ1) is 13.1. The molecule has 0 aliphatic rings. The summed E-state index contributed by atoms with van der Waals surface area (Å²) in [7, 11) is 1.58. The molecule has 0 spiro atoms. The Balaban J connectivity index is 1.65. The van der Waals surface area contributed by atoms with Crippen molar-refractivity contribution in [2.24, 2.45) is 0 Å². The highest BCUT2D eigenvalue weighted by Crippen LogP contribution is 2.11. The van der Waals surface area contributed by atoms with E-state index in [2.05, 4.69) is 32.4 Å². The van der Waals surface area contributed by atoms with Crippen molar-refractivity contribution in [1.29, 1.82) is 0 Å². The zero-order valence-electron chi connectivity index (χ0n) is 11.6. The predicted molar refractivity (Wildman–Crippen MR) is 79.5 cm³/mol. The van der Waals surface area contributed by atoms with E-state index in [1.54, 1.807) is 31.9 Å². The van der Waals surface area contributed by atoms with Crippen LogP contribution in [0.1, 0.15) is 5.56 Å². The molecule has 0 saturated carbocycles. The third-order valence-electron chi connectivity index (χ3n) is 3.03. The van der Waals surface area contributed by atoms with E-state index in [9.17, 15) is 0 Å². The Hall–Kier alpha value is -2.89. The quantitative estimate of drug-likeness (QED) is 0.777. The van der Waals surface area contributed by atoms with E-state index in [4.69, 9.17) is 4.74 Å². The Morgan fingerprint density at radius 1 is 1.14 bits per heavy atom. The molecule has 1 N–H and O–H groups in total. The van der Waals surface area contributed by atoms with Gasteiger partial charge in [0, 0.05) is 36.9 Å². The number of anilines is 1. The molecule has 0 saturated heterocycles. The van der Waals surface area contributed by atoms with Crippen molar-refractivity contribution in [3.8, 4) is 11.6 Å². The zero-order valence-corrected chi connectivity index (χ0v) is 11.6.